The van der Waals surface area contributed by atoms with Crippen LogP contribution < -0.4 is 4.90 Å². The molecule has 0 radical (unpaired) electrons. The molecule has 4 heteroatoms. The molecular weight excluding hydrogens is 272 g/mol. The van der Waals surface area contributed by atoms with Crippen LogP contribution in [-0.2, 0) is 0 Å². The maximum absolute atomic E-state index is 4.49. The zero-order chi connectivity index (χ0) is 15.4. The van der Waals surface area contributed by atoms with Crippen LogP contribution in [0.4, 0.5) is 5.82 Å². The van der Waals surface area contributed by atoms with Crippen molar-refractivity contribution in [3.63, 3.8) is 0 Å². The molecule has 1 aromatic carbocycles. The third-order valence-corrected chi connectivity index (χ3v) is 4.87. The predicted molar refractivity (Wildman–Crippen MR) is 92.3 cm³/mol. The first kappa shape index (κ1) is 15.2. The van der Waals surface area contributed by atoms with E-state index in [-0.39, 0.29) is 0 Å². The van der Waals surface area contributed by atoms with Crippen molar-refractivity contribution in [2.75, 3.05) is 32.1 Å². The monoisotopic (exact) mass is 298 g/mol. The van der Waals surface area contributed by atoms with E-state index in [1.165, 1.54) is 32.1 Å². The van der Waals surface area contributed by atoms with Crippen LogP contribution in [-0.4, -0.2) is 48.1 Å². The zero-order valence-corrected chi connectivity index (χ0v) is 13.7. The van der Waals surface area contributed by atoms with Crippen molar-refractivity contribution in [1.29, 1.82) is 0 Å². The predicted octanol–water partition coefficient (Wildman–Crippen LogP) is 3.33. The van der Waals surface area contributed by atoms with Crippen LogP contribution in [0.2, 0.25) is 0 Å². The van der Waals surface area contributed by atoms with E-state index in [1.54, 1.807) is 6.33 Å². The van der Waals surface area contributed by atoms with Crippen LogP contribution in [0, 0.1) is 0 Å². The molecule has 4 nitrogen and oxygen atoms in total. The van der Waals surface area contributed by atoms with Crippen LogP contribution >= 0.6 is 0 Å². The molecule has 0 aliphatic heterocycles. The maximum Gasteiger partial charge on any atom is 0.139 e. The highest BCUT2D eigenvalue weighted by molar-refractivity contribution is 5.89. The lowest BCUT2D eigenvalue weighted by molar-refractivity contribution is 0.196. The van der Waals surface area contributed by atoms with Crippen LogP contribution in [0.25, 0.3) is 10.9 Å². The first-order valence-corrected chi connectivity index (χ1v) is 8.37. The minimum absolute atomic E-state index is 0.768. The molecule has 1 aliphatic rings. The van der Waals surface area contributed by atoms with Gasteiger partial charge >= 0.3 is 0 Å². The lowest BCUT2D eigenvalue weighted by atomic mass is 9.94. The van der Waals surface area contributed by atoms with Crippen LogP contribution in [0.15, 0.2) is 30.6 Å². The molecule has 3 rings (SSSR count). The summed E-state index contributed by atoms with van der Waals surface area (Å²) < 4.78 is 0. The fourth-order valence-electron chi connectivity index (χ4n) is 3.41. The molecule has 1 aliphatic carbocycles. The molecule has 1 saturated carbocycles. The van der Waals surface area contributed by atoms with Crippen LogP contribution in [0.3, 0.4) is 0 Å². The summed E-state index contributed by atoms with van der Waals surface area (Å²) in [6, 6.07) is 8.99. The van der Waals surface area contributed by atoms with Gasteiger partial charge in [-0.3, -0.25) is 0 Å². The number of rotatable bonds is 5. The molecule has 0 saturated heterocycles. The van der Waals surface area contributed by atoms with Crippen molar-refractivity contribution in [2.45, 2.75) is 38.1 Å². The molecule has 0 spiro atoms. The molecule has 0 amide bonds. The second kappa shape index (κ2) is 7.05. The number of anilines is 1. The number of hydrogen-bond acceptors (Lipinski definition) is 4. The van der Waals surface area contributed by atoms with Crippen LogP contribution in [0.5, 0.6) is 0 Å². The summed E-state index contributed by atoms with van der Waals surface area (Å²) in [6.07, 6.45) is 8.58. The number of fused-ring (bicyclic) bond motifs is 1. The van der Waals surface area contributed by atoms with Gasteiger partial charge in [0.2, 0.25) is 0 Å². The highest BCUT2D eigenvalue weighted by Crippen LogP contribution is 2.23. The second-order valence-corrected chi connectivity index (χ2v) is 6.41. The van der Waals surface area contributed by atoms with E-state index >= 15 is 0 Å². The number of aromatic nitrogens is 2. The summed E-state index contributed by atoms with van der Waals surface area (Å²) in [7, 11) is 4.39. The van der Waals surface area contributed by atoms with Gasteiger partial charge in [0.15, 0.2) is 0 Å². The minimum Gasteiger partial charge on any atom is -0.358 e. The molecule has 0 unspecified atom stereocenters. The lowest BCUT2D eigenvalue weighted by Crippen LogP contribution is -2.38. The van der Waals surface area contributed by atoms with Gasteiger partial charge in [0.1, 0.15) is 12.1 Å². The van der Waals surface area contributed by atoms with E-state index in [0.29, 0.717) is 0 Å². The quantitative estimate of drug-likeness (QED) is 0.847. The Kier molecular flexibility index (Phi) is 4.88. The number of likely N-dealkylation sites (N-methyl/N-ethyl adjacent to an activating group) is 2. The van der Waals surface area contributed by atoms with E-state index in [9.17, 15) is 0 Å². The van der Waals surface area contributed by atoms with Gasteiger partial charge in [-0.25, -0.2) is 9.97 Å². The summed E-state index contributed by atoms with van der Waals surface area (Å²) in [5.74, 6) is 1.03. The third kappa shape index (κ3) is 3.38. The average molecular weight is 298 g/mol. The van der Waals surface area contributed by atoms with E-state index in [4.69, 9.17) is 0 Å². The largest absolute Gasteiger partial charge is 0.358 e. The molecule has 0 atom stereocenters. The Morgan fingerprint density at radius 3 is 2.59 bits per heavy atom. The van der Waals surface area contributed by atoms with Crippen molar-refractivity contribution < 1.29 is 0 Å². The van der Waals surface area contributed by atoms with Crippen LogP contribution in [0.1, 0.15) is 32.1 Å². The van der Waals surface area contributed by atoms with Gasteiger partial charge < -0.3 is 9.80 Å². The fourth-order valence-corrected chi connectivity index (χ4v) is 3.41. The Morgan fingerprint density at radius 2 is 1.77 bits per heavy atom. The van der Waals surface area contributed by atoms with Crippen molar-refractivity contribution in [3.05, 3.63) is 30.6 Å². The smallest absolute Gasteiger partial charge is 0.139 e. The zero-order valence-electron chi connectivity index (χ0n) is 13.7. The minimum atomic E-state index is 0.768. The Labute approximate surface area is 133 Å². The lowest BCUT2D eigenvalue weighted by Gasteiger charge is -2.32. The van der Waals surface area contributed by atoms with Gasteiger partial charge in [0.05, 0.1) is 5.52 Å². The molecule has 2 aromatic rings. The van der Waals surface area contributed by atoms with Crippen molar-refractivity contribution in [2.24, 2.45) is 0 Å². The average Bonchev–Trinajstić information content (AvgIpc) is 2.59. The Hall–Kier alpha value is -1.68. The molecule has 1 heterocycles. The number of benzene rings is 1. The summed E-state index contributed by atoms with van der Waals surface area (Å²) in [5.41, 5.74) is 1.01. The number of para-hydroxylation sites is 1. The standard InChI is InChI=1S/C18H26N4/c1-21(15-8-4-3-5-9-15)12-13-22(2)18-16-10-6-7-11-17(16)19-14-20-18/h6-7,10-11,14-15H,3-5,8-9,12-13H2,1-2H3. The molecule has 0 bridgehead atoms. The Morgan fingerprint density at radius 1 is 1.00 bits per heavy atom. The number of nitrogens with zero attached hydrogens (tertiary/aromatic N) is 4. The highest BCUT2D eigenvalue weighted by Gasteiger charge is 2.18. The van der Waals surface area contributed by atoms with E-state index in [0.717, 1.165) is 35.9 Å². The maximum atomic E-state index is 4.49. The summed E-state index contributed by atoms with van der Waals surface area (Å²) >= 11 is 0. The van der Waals surface area contributed by atoms with E-state index in [2.05, 4.69) is 46.0 Å². The van der Waals surface area contributed by atoms with E-state index in [1.807, 2.05) is 12.1 Å². The normalized spacial score (nSPS) is 16.3. The molecule has 1 fully saturated rings. The topological polar surface area (TPSA) is 32.3 Å². The SMILES string of the molecule is CN(CCN(C)C1CCCCC1)c1ncnc2ccccc12. The van der Waals surface area contributed by atoms with Gasteiger partial charge in [-0.15, -0.1) is 0 Å². The molecule has 22 heavy (non-hydrogen) atoms. The van der Waals surface area contributed by atoms with Gasteiger partial charge in [0, 0.05) is 31.6 Å². The van der Waals surface area contributed by atoms with Crippen molar-refractivity contribution >= 4 is 16.7 Å². The van der Waals surface area contributed by atoms with E-state index < -0.39 is 0 Å². The summed E-state index contributed by atoms with van der Waals surface area (Å²) in [6.45, 7) is 2.08. The summed E-state index contributed by atoms with van der Waals surface area (Å²) in [5, 5.41) is 1.13. The summed E-state index contributed by atoms with van der Waals surface area (Å²) in [4.78, 5) is 13.6. The van der Waals surface area contributed by atoms with Gasteiger partial charge in [0.25, 0.3) is 0 Å². The fraction of sp³-hybridized carbons (Fsp3) is 0.556. The van der Waals surface area contributed by atoms with Gasteiger partial charge in [-0.2, -0.15) is 0 Å². The van der Waals surface area contributed by atoms with Crippen molar-refractivity contribution in [1.82, 2.24) is 14.9 Å². The molecular formula is C18H26N4. The molecule has 0 N–H and O–H groups in total. The Bertz CT molecular complexity index is 602. The van der Waals surface area contributed by atoms with Gasteiger partial charge in [-0.1, -0.05) is 31.4 Å². The molecule has 118 valence electrons. The second-order valence-electron chi connectivity index (χ2n) is 6.41. The van der Waals surface area contributed by atoms with Gasteiger partial charge in [-0.05, 0) is 32.0 Å². The number of hydrogen-bond donors (Lipinski definition) is 0. The first-order chi connectivity index (χ1) is 10.8. The Balaban J connectivity index is 1.64. The van der Waals surface area contributed by atoms with Crippen molar-refractivity contribution in [3.8, 4) is 0 Å². The first-order valence-electron chi connectivity index (χ1n) is 8.37. The third-order valence-electron chi connectivity index (χ3n) is 4.87. The highest BCUT2D eigenvalue weighted by atomic mass is 15.2. The molecule has 1 aromatic heterocycles.